The van der Waals surface area contributed by atoms with E-state index in [1.165, 1.54) is 60.7 Å². The zero-order valence-electron chi connectivity index (χ0n) is 15.3. The minimum Gasteiger partial charge on any atom is -0.322 e. The summed E-state index contributed by atoms with van der Waals surface area (Å²) in [5.41, 5.74) is 1.26. The Morgan fingerprint density at radius 2 is 1.60 bits per heavy atom. The number of aromatic nitrogens is 2. The monoisotopic (exact) mass is 426 g/mol. The molecule has 0 spiro atoms. The summed E-state index contributed by atoms with van der Waals surface area (Å²) in [4.78, 5) is 28.6. The van der Waals surface area contributed by atoms with Crippen LogP contribution >= 0.6 is 0 Å². The van der Waals surface area contributed by atoms with Crippen LogP contribution in [0.2, 0.25) is 0 Å². The van der Waals surface area contributed by atoms with Gasteiger partial charge in [-0.05, 0) is 60.7 Å². The molecule has 4 N–H and O–H groups in total. The Hall–Kier alpha value is -3.92. The van der Waals surface area contributed by atoms with Gasteiger partial charge in [-0.1, -0.05) is 6.07 Å². The molecule has 4 aromatic rings. The molecule has 0 bridgehead atoms. The number of fused-ring (bicyclic) bond motifs is 1. The fourth-order valence-electron chi connectivity index (χ4n) is 2.85. The van der Waals surface area contributed by atoms with Gasteiger partial charge in [0.15, 0.2) is 0 Å². The number of rotatable bonds is 5. The first-order valence-electron chi connectivity index (χ1n) is 8.72. The minimum atomic E-state index is -3.91. The number of sulfonamides is 1. The Morgan fingerprint density at radius 3 is 2.33 bits per heavy atom. The number of amides is 1. The van der Waals surface area contributed by atoms with Gasteiger partial charge in [-0.25, -0.2) is 17.6 Å². The number of anilines is 2. The molecule has 1 heterocycles. The van der Waals surface area contributed by atoms with Crippen LogP contribution in [0.4, 0.5) is 15.8 Å². The van der Waals surface area contributed by atoms with Crippen LogP contribution in [-0.4, -0.2) is 24.3 Å². The fraction of sp³-hybridized carbons (Fsp3) is 0. The minimum absolute atomic E-state index is 0.0295. The Balaban J connectivity index is 1.50. The molecule has 0 atom stereocenters. The van der Waals surface area contributed by atoms with Gasteiger partial charge in [0.2, 0.25) is 0 Å². The molecule has 0 saturated heterocycles. The largest absolute Gasteiger partial charge is 0.323 e. The number of benzene rings is 3. The van der Waals surface area contributed by atoms with Gasteiger partial charge in [-0.2, -0.15) is 0 Å². The molecule has 0 unspecified atom stereocenters. The van der Waals surface area contributed by atoms with E-state index < -0.39 is 27.4 Å². The van der Waals surface area contributed by atoms with Crippen LogP contribution in [0, 0.1) is 5.82 Å². The van der Waals surface area contributed by atoms with Crippen LogP contribution < -0.4 is 15.7 Å². The first kappa shape index (κ1) is 19.4. The Bertz CT molecular complexity index is 1410. The molecule has 152 valence electrons. The van der Waals surface area contributed by atoms with Gasteiger partial charge in [0.05, 0.1) is 15.9 Å². The van der Waals surface area contributed by atoms with Gasteiger partial charge in [0, 0.05) is 16.9 Å². The molecule has 0 radical (unpaired) electrons. The molecule has 1 aromatic heterocycles. The van der Waals surface area contributed by atoms with Crippen molar-refractivity contribution in [3.8, 4) is 0 Å². The molecule has 30 heavy (non-hydrogen) atoms. The SMILES string of the molecule is O=C(Nc1cccc(F)c1)c1ccc(NS(=O)(=O)c2ccc3[nH]c(=O)[nH]c3c2)cc1. The molecule has 1 amide bonds. The van der Waals surface area contributed by atoms with Crippen molar-refractivity contribution in [2.75, 3.05) is 10.0 Å². The summed E-state index contributed by atoms with van der Waals surface area (Å²) in [5, 5.41) is 2.56. The van der Waals surface area contributed by atoms with E-state index in [1.807, 2.05) is 0 Å². The summed E-state index contributed by atoms with van der Waals surface area (Å²) in [5.74, 6) is -0.934. The predicted molar refractivity (Wildman–Crippen MR) is 111 cm³/mol. The number of H-pyrrole nitrogens is 2. The van der Waals surface area contributed by atoms with Crippen LogP contribution in [0.3, 0.4) is 0 Å². The normalized spacial score (nSPS) is 11.4. The number of nitrogens with one attached hydrogen (secondary N) is 4. The van der Waals surface area contributed by atoms with E-state index in [2.05, 4.69) is 20.0 Å². The van der Waals surface area contributed by atoms with Crippen molar-refractivity contribution in [3.63, 3.8) is 0 Å². The summed E-state index contributed by atoms with van der Waals surface area (Å²) in [6, 6.07) is 15.5. The highest BCUT2D eigenvalue weighted by Crippen LogP contribution is 2.20. The highest BCUT2D eigenvalue weighted by molar-refractivity contribution is 7.92. The fourth-order valence-corrected chi connectivity index (χ4v) is 3.94. The predicted octanol–water partition coefficient (Wildman–Crippen LogP) is 3.05. The highest BCUT2D eigenvalue weighted by Gasteiger charge is 2.16. The zero-order valence-corrected chi connectivity index (χ0v) is 16.1. The Kier molecular flexibility index (Phi) is 4.84. The van der Waals surface area contributed by atoms with E-state index in [0.29, 0.717) is 16.7 Å². The maximum Gasteiger partial charge on any atom is 0.323 e. The van der Waals surface area contributed by atoms with Gasteiger partial charge >= 0.3 is 5.69 Å². The summed E-state index contributed by atoms with van der Waals surface area (Å²) < 4.78 is 40.9. The standard InChI is InChI=1S/C20H15FN4O4S/c21-13-2-1-3-15(10-13)22-19(26)12-4-6-14(7-5-12)25-30(28,29)16-8-9-17-18(11-16)24-20(27)23-17/h1-11,25H,(H,22,26)(H2,23,24,27). The number of aromatic amines is 2. The van der Waals surface area contributed by atoms with Crippen LogP contribution in [0.25, 0.3) is 11.0 Å². The topological polar surface area (TPSA) is 124 Å². The molecule has 0 aliphatic heterocycles. The third-order valence-corrected chi connectivity index (χ3v) is 5.66. The molecule has 0 aliphatic carbocycles. The van der Waals surface area contributed by atoms with E-state index in [-0.39, 0.29) is 16.1 Å². The molecule has 4 rings (SSSR count). The first-order valence-corrected chi connectivity index (χ1v) is 10.2. The maximum absolute atomic E-state index is 13.2. The van der Waals surface area contributed by atoms with Crippen LogP contribution in [0.5, 0.6) is 0 Å². The van der Waals surface area contributed by atoms with Crippen LogP contribution in [0.15, 0.2) is 76.4 Å². The van der Waals surface area contributed by atoms with Gasteiger partial charge in [0.25, 0.3) is 15.9 Å². The van der Waals surface area contributed by atoms with Crippen molar-refractivity contribution >= 4 is 38.3 Å². The van der Waals surface area contributed by atoms with Gasteiger partial charge < -0.3 is 15.3 Å². The number of carbonyl (C=O) groups is 1. The number of halogens is 1. The summed E-state index contributed by atoms with van der Waals surface area (Å²) in [6.07, 6.45) is 0. The van der Waals surface area contributed by atoms with Gasteiger partial charge in [0.1, 0.15) is 5.82 Å². The second kappa shape index (κ2) is 7.48. The summed E-state index contributed by atoms with van der Waals surface area (Å²) >= 11 is 0. The smallest absolute Gasteiger partial charge is 0.322 e. The number of hydrogen-bond donors (Lipinski definition) is 4. The average molecular weight is 426 g/mol. The molecule has 0 saturated carbocycles. The zero-order chi connectivity index (χ0) is 21.3. The lowest BCUT2D eigenvalue weighted by Gasteiger charge is -2.09. The van der Waals surface area contributed by atoms with Crippen molar-refractivity contribution in [2.45, 2.75) is 4.90 Å². The summed E-state index contributed by atoms with van der Waals surface area (Å²) in [7, 11) is -3.91. The molecular formula is C20H15FN4O4S. The van der Waals surface area contributed by atoms with Crippen molar-refractivity contribution in [1.82, 2.24) is 9.97 Å². The van der Waals surface area contributed by atoms with Crippen LogP contribution in [-0.2, 0) is 10.0 Å². The molecule has 10 heteroatoms. The van der Waals surface area contributed by atoms with Gasteiger partial charge in [-0.3, -0.25) is 9.52 Å². The third-order valence-electron chi connectivity index (χ3n) is 4.28. The lowest BCUT2D eigenvalue weighted by molar-refractivity contribution is 0.102. The molecule has 0 fully saturated rings. The lowest BCUT2D eigenvalue weighted by Crippen LogP contribution is -2.14. The second-order valence-corrected chi connectivity index (χ2v) is 8.12. The van der Waals surface area contributed by atoms with Gasteiger partial charge in [-0.15, -0.1) is 0 Å². The van der Waals surface area contributed by atoms with Crippen molar-refractivity contribution in [2.24, 2.45) is 0 Å². The van der Waals surface area contributed by atoms with Crippen LogP contribution in [0.1, 0.15) is 10.4 Å². The molecule has 0 aliphatic rings. The lowest BCUT2D eigenvalue weighted by atomic mass is 10.2. The highest BCUT2D eigenvalue weighted by atomic mass is 32.2. The number of hydrogen-bond acceptors (Lipinski definition) is 4. The number of imidazole rings is 1. The Morgan fingerprint density at radius 1 is 0.867 bits per heavy atom. The van der Waals surface area contributed by atoms with E-state index in [0.717, 1.165) is 0 Å². The molecular weight excluding hydrogens is 411 g/mol. The van der Waals surface area contributed by atoms with Crippen molar-refractivity contribution < 1.29 is 17.6 Å². The van der Waals surface area contributed by atoms with Crippen molar-refractivity contribution in [3.05, 3.63) is 88.6 Å². The van der Waals surface area contributed by atoms with Crippen molar-refractivity contribution in [1.29, 1.82) is 0 Å². The van der Waals surface area contributed by atoms with E-state index in [4.69, 9.17) is 0 Å². The van der Waals surface area contributed by atoms with E-state index in [1.54, 1.807) is 6.07 Å². The molecule has 8 nitrogen and oxygen atoms in total. The Labute approximate surface area is 169 Å². The number of carbonyl (C=O) groups excluding carboxylic acids is 1. The quantitative estimate of drug-likeness (QED) is 0.392. The third kappa shape index (κ3) is 4.08. The van der Waals surface area contributed by atoms with E-state index in [9.17, 15) is 22.4 Å². The second-order valence-electron chi connectivity index (χ2n) is 6.43. The molecule has 3 aromatic carbocycles. The van der Waals surface area contributed by atoms with E-state index >= 15 is 0 Å². The maximum atomic E-state index is 13.2. The average Bonchev–Trinajstić information content (AvgIpc) is 3.07. The first-order chi connectivity index (χ1) is 14.3. The summed E-state index contributed by atoms with van der Waals surface area (Å²) in [6.45, 7) is 0.